The molecule has 0 amide bonds. The summed E-state index contributed by atoms with van der Waals surface area (Å²) in [6.45, 7) is 1.99. The maximum Gasteiger partial charge on any atom is 0.177 e. The van der Waals surface area contributed by atoms with Crippen LogP contribution in [0.3, 0.4) is 0 Å². The third-order valence-corrected chi connectivity index (χ3v) is 5.87. The quantitative estimate of drug-likeness (QED) is 0.547. The number of hydrogen-bond donors (Lipinski definition) is 0. The van der Waals surface area contributed by atoms with Gasteiger partial charge in [0.2, 0.25) is 0 Å². The molecule has 0 radical (unpaired) electrons. The summed E-state index contributed by atoms with van der Waals surface area (Å²) in [5.74, 6) is 1.05. The molecule has 0 heterocycles. The first-order chi connectivity index (χ1) is 10.6. The Kier molecular flexibility index (Phi) is 5.57. The topological polar surface area (TPSA) is 52.6 Å². The number of carbonyl (C=O) groups is 1. The first-order valence-electron chi connectivity index (χ1n) is 7.72. The van der Waals surface area contributed by atoms with Crippen molar-refractivity contribution in [2.24, 2.45) is 5.41 Å². The van der Waals surface area contributed by atoms with Crippen molar-refractivity contribution in [2.45, 2.75) is 44.7 Å². The van der Waals surface area contributed by atoms with Crippen molar-refractivity contribution in [1.82, 2.24) is 0 Å². The van der Waals surface area contributed by atoms with Gasteiger partial charge in [-0.3, -0.25) is 9.36 Å². The monoisotopic (exact) mass is 322 g/mol. The van der Waals surface area contributed by atoms with Gasteiger partial charge < -0.3 is 9.47 Å². The van der Waals surface area contributed by atoms with E-state index in [1.54, 1.807) is 32.4 Å². The van der Waals surface area contributed by atoms with Gasteiger partial charge in [0.1, 0.15) is 17.1 Å². The molecular formula is C17H23O4P. The third kappa shape index (κ3) is 2.77. The number of hydrogen-bond acceptors (Lipinski definition) is 4. The lowest BCUT2D eigenvalue weighted by atomic mass is 9.74. The van der Waals surface area contributed by atoms with Crippen LogP contribution in [0.1, 0.15) is 49.4 Å². The second kappa shape index (κ2) is 7.23. The van der Waals surface area contributed by atoms with Crippen LogP contribution in [0.15, 0.2) is 18.2 Å². The Morgan fingerprint density at radius 3 is 2.18 bits per heavy atom. The van der Waals surface area contributed by atoms with Crippen molar-refractivity contribution >= 4 is 14.2 Å². The van der Waals surface area contributed by atoms with Gasteiger partial charge in [-0.15, -0.1) is 0 Å². The van der Waals surface area contributed by atoms with Gasteiger partial charge in [0.05, 0.1) is 19.9 Å². The van der Waals surface area contributed by atoms with Crippen molar-refractivity contribution in [3.63, 3.8) is 0 Å². The summed E-state index contributed by atoms with van der Waals surface area (Å²) in [5, 5.41) is 0. The van der Waals surface area contributed by atoms with Crippen molar-refractivity contribution < 1.29 is 18.8 Å². The predicted octanol–water partition coefficient (Wildman–Crippen LogP) is 4.52. The molecule has 1 fully saturated rings. The van der Waals surface area contributed by atoms with E-state index < -0.39 is 5.41 Å². The van der Waals surface area contributed by atoms with Crippen LogP contribution in [0, 0.1) is 5.41 Å². The predicted molar refractivity (Wildman–Crippen MR) is 86.5 cm³/mol. The Labute approximate surface area is 133 Å². The minimum absolute atomic E-state index is 0.00880. The smallest absolute Gasteiger partial charge is 0.177 e. The molecule has 120 valence electrons. The maximum absolute atomic E-state index is 13.4. The number of benzene rings is 1. The van der Waals surface area contributed by atoms with Gasteiger partial charge in [0.15, 0.2) is 14.2 Å². The standard InChI is InChI=1S/C17H23O4P/c1-4-14(22-19)17(10-5-6-11-17)16(18)15-12(20-2)8-7-9-13(15)21-3/h7-9,14H,4-6,10-11H2,1-3H3. The van der Waals surface area contributed by atoms with E-state index in [0.717, 1.165) is 25.7 Å². The molecular weight excluding hydrogens is 299 g/mol. The summed E-state index contributed by atoms with van der Waals surface area (Å²) < 4.78 is 22.4. The molecule has 0 spiro atoms. The van der Waals surface area contributed by atoms with Crippen LogP contribution in [0.4, 0.5) is 0 Å². The number of ether oxygens (including phenoxy) is 2. The fraction of sp³-hybridized carbons (Fsp3) is 0.588. The Bertz CT molecular complexity index is 527. The number of rotatable bonds is 7. The first-order valence-corrected chi connectivity index (χ1v) is 8.61. The molecule has 22 heavy (non-hydrogen) atoms. The van der Waals surface area contributed by atoms with E-state index in [2.05, 4.69) is 0 Å². The first kappa shape index (κ1) is 17.0. The summed E-state index contributed by atoms with van der Waals surface area (Å²) >= 11 is 0. The zero-order valence-electron chi connectivity index (χ0n) is 13.4. The number of Topliss-reactive ketones (excluding diaryl/α,β-unsaturated/α-hetero) is 1. The Hall–Kier alpha value is -1.41. The average molecular weight is 322 g/mol. The van der Waals surface area contributed by atoms with Crippen molar-refractivity contribution in [3.8, 4) is 11.5 Å². The summed E-state index contributed by atoms with van der Waals surface area (Å²) in [6, 6.07) is 5.35. The Morgan fingerprint density at radius 2 is 1.77 bits per heavy atom. The van der Waals surface area contributed by atoms with Crippen LogP contribution >= 0.6 is 8.46 Å². The highest BCUT2D eigenvalue weighted by Gasteiger charge is 2.49. The number of carbonyl (C=O) groups excluding carboxylic acids is 1. The Morgan fingerprint density at radius 1 is 1.23 bits per heavy atom. The minimum atomic E-state index is -0.569. The van der Waals surface area contributed by atoms with Crippen LogP contribution in [0.5, 0.6) is 11.5 Å². The zero-order chi connectivity index (χ0) is 16.2. The van der Waals surface area contributed by atoms with Gasteiger partial charge in [0, 0.05) is 5.41 Å². The minimum Gasteiger partial charge on any atom is -0.496 e. The van der Waals surface area contributed by atoms with Crippen molar-refractivity contribution in [1.29, 1.82) is 0 Å². The molecule has 5 heteroatoms. The van der Waals surface area contributed by atoms with Gasteiger partial charge in [-0.1, -0.05) is 25.8 Å². The number of ketones is 1. The molecule has 0 aliphatic heterocycles. The molecule has 1 aromatic carbocycles. The number of methoxy groups -OCH3 is 2. The van der Waals surface area contributed by atoms with Crippen LogP contribution < -0.4 is 9.47 Å². The van der Waals surface area contributed by atoms with Gasteiger partial charge in [-0.25, -0.2) is 0 Å². The lowest BCUT2D eigenvalue weighted by Gasteiger charge is -2.32. The highest BCUT2D eigenvalue weighted by molar-refractivity contribution is 7.24. The van der Waals surface area contributed by atoms with Crippen LogP contribution in [-0.2, 0) is 4.57 Å². The van der Waals surface area contributed by atoms with Crippen LogP contribution in [0.2, 0.25) is 0 Å². The molecule has 1 atom stereocenters. The normalized spacial score (nSPS) is 18.1. The van der Waals surface area contributed by atoms with E-state index >= 15 is 0 Å². The van der Waals surface area contributed by atoms with E-state index in [1.807, 2.05) is 6.92 Å². The molecule has 1 aliphatic rings. The highest BCUT2D eigenvalue weighted by Crippen LogP contribution is 2.50. The molecule has 0 N–H and O–H groups in total. The fourth-order valence-corrected chi connectivity index (χ4v) is 4.33. The molecule has 4 nitrogen and oxygen atoms in total. The molecule has 1 aliphatic carbocycles. The highest BCUT2D eigenvalue weighted by atomic mass is 31.1. The molecule has 1 saturated carbocycles. The van der Waals surface area contributed by atoms with E-state index in [-0.39, 0.29) is 19.9 Å². The van der Waals surface area contributed by atoms with Crippen molar-refractivity contribution in [3.05, 3.63) is 23.8 Å². The molecule has 0 saturated heterocycles. The second-order valence-electron chi connectivity index (χ2n) is 5.76. The molecule has 2 rings (SSSR count). The lowest BCUT2D eigenvalue weighted by molar-refractivity contribution is 0.0782. The van der Waals surface area contributed by atoms with Crippen LogP contribution in [0.25, 0.3) is 0 Å². The van der Waals surface area contributed by atoms with Gasteiger partial charge in [-0.2, -0.15) is 0 Å². The van der Waals surface area contributed by atoms with Gasteiger partial charge in [0.25, 0.3) is 0 Å². The van der Waals surface area contributed by atoms with Gasteiger partial charge in [-0.05, 0) is 31.4 Å². The molecule has 1 aromatic rings. The van der Waals surface area contributed by atoms with Crippen molar-refractivity contribution in [2.75, 3.05) is 14.2 Å². The van der Waals surface area contributed by atoms with E-state index in [0.29, 0.717) is 23.5 Å². The average Bonchev–Trinajstić information content (AvgIpc) is 3.05. The summed E-state index contributed by atoms with van der Waals surface area (Å²) in [5.41, 5.74) is -0.242. The van der Waals surface area contributed by atoms with E-state index in [9.17, 15) is 9.36 Å². The second-order valence-corrected chi connectivity index (χ2v) is 6.59. The molecule has 1 unspecified atom stereocenters. The fourth-order valence-electron chi connectivity index (χ4n) is 3.61. The zero-order valence-corrected chi connectivity index (χ0v) is 14.3. The van der Waals surface area contributed by atoms with E-state index in [4.69, 9.17) is 9.47 Å². The SMILES string of the molecule is CCC(P=O)C1(C(=O)c2c(OC)cccc2OC)CCCC1. The summed E-state index contributed by atoms with van der Waals surface area (Å²) in [7, 11) is 3.15. The molecule has 0 aromatic heterocycles. The Balaban J connectivity index is 2.55. The third-order valence-electron chi connectivity index (χ3n) is 4.75. The summed E-state index contributed by atoms with van der Waals surface area (Å²) in [4.78, 5) is 13.4. The summed E-state index contributed by atoms with van der Waals surface area (Å²) in [6.07, 6.45) is 4.26. The lowest BCUT2D eigenvalue weighted by Crippen LogP contribution is -2.37. The largest absolute Gasteiger partial charge is 0.496 e. The van der Waals surface area contributed by atoms with Gasteiger partial charge >= 0.3 is 0 Å². The van der Waals surface area contributed by atoms with Crippen LogP contribution in [-0.4, -0.2) is 25.7 Å². The molecule has 0 bridgehead atoms. The maximum atomic E-state index is 13.4. The van der Waals surface area contributed by atoms with E-state index in [1.165, 1.54) is 0 Å².